The number of anilines is 1. The van der Waals surface area contributed by atoms with E-state index in [9.17, 15) is 30.4 Å². The maximum absolute atomic E-state index is 14.7. The van der Waals surface area contributed by atoms with Crippen LogP contribution in [0.5, 0.6) is 11.5 Å². The van der Waals surface area contributed by atoms with E-state index in [2.05, 4.69) is 19.6 Å². The van der Waals surface area contributed by atoms with Crippen LogP contribution < -0.4 is 9.46 Å². The number of nitrogens with one attached hydrogen (secondary N) is 1. The Balaban J connectivity index is 1.72. The van der Waals surface area contributed by atoms with Gasteiger partial charge in [0.15, 0.2) is 11.6 Å². The van der Waals surface area contributed by atoms with E-state index in [4.69, 9.17) is 4.74 Å². The predicted molar refractivity (Wildman–Crippen MR) is 110 cm³/mol. The first-order chi connectivity index (χ1) is 16.0. The summed E-state index contributed by atoms with van der Waals surface area (Å²) in [7, 11) is -4.56. The minimum atomic E-state index is -4.69. The quantitative estimate of drug-likeness (QED) is 0.365. The number of rotatable bonds is 6. The highest BCUT2D eigenvalue weighted by atomic mass is 32.2. The predicted octanol–water partition coefficient (Wildman–Crippen LogP) is 4.89. The molecule has 1 N–H and O–H groups in total. The Labute approximate surface area is 192 Å². The van der Waals surface area contributed by atoms with Crippen LogP contribution in [-0.4, -0.2) is 28.0 Å². The number of nitrogens with zero attached hydrogens (tertiary/aromatic N) is 4. The first-order valence-corrected chi connectivity index (χ1v) is 11.3. The highest BCUT2D eigenvalue weighted by molar-refractivity contribution is 7.93. The molecule has 0 saturated carbocycles. The van der Waals surface area contributed by atoms with Crippen molar-refractivity contribution in [1.82, 2.24) is 19.6 Å². The zero-order valence-corrected chi connectivity index (χ0v) is 18.0. The second-order valence-electron chi connectivity index (χ2n) is 6.48. The van der Waals surface area contributed by atoms with Crippen molar-refractivity contribution in [2.24, 2.45) is 0 Å². The monoisotopic (exact) mass is 515 g/mol. The molecule has 15 heteroatoms. The molecule has 0 saturated heterocycles. The van der Waals surface area contributed by atoms with Crippen LogP contribution in [0.15, 0.2) is 59.9 Å². The Morgan fingerprint density at radius 2 is 1.79 bits per heavy atom. The minimum Gasteiger partial charge on any atom is -0.453 e. The molecule has 0 spiro atoms. The van der Waals surface area contributed by atoms with Gasteiger partial charge in [0.05, 0.1) is 11.3 Å². The van der Waals surface area contributed by atoms with Gasteiger partial charge in [-0.1, -0.05) is 0 Å². The molecule has 0 amide bonds. The molecule has 0 radical (unpaired) electrons. The zero-order valence-electron chi connectivity index (χ0n) is 16.4. The first-order valence-electron chi connectivity index (χ1n) is 9.00. The lowest BCUT2D eigenvalue weighted by atomic mass is 10.1. The van der Waals surface area contributed by atoms with Crippen LogP contribution in [0.4, 0.5) is 27.1 Å². The molecule has 0 aliphatic carbocycles. The van der Waals surface area contributed by atoms with Gasteiger partial charge in [0.2, 0.25) is 5.13 Å². The average Bonchev–Trinajstić information content (AvgIpc) is 3.28. The summed E-state index contributed by atoms with van der Waals surface area (Å²) >= 11 is 0.678. The van der Waals surface area contributed by atoms with Crippen molar-refractivity contribution >= 4 is 26.7 Å². The van der Waals surface area contributed by atoms with Crippen molar-refractivity contribution < 1.29 is 35.1 Å². The molecular weight excluding hydrogens is 505 g/mol. The Bertz CT molecular complexity index is 1430. The molecule has 34 heavy (non-hydrogen) atoms. The summed E-state index contributed by atoms with van der Waals surface area (Å²) in [5, 5.41) is 7.16. The summed E-state index contributed by atoms with van der Waals surface area (Å²) in [6, 6.07) is 5.92. The van der Waals surface area contributed by atoms with Crippen LogP contribution >= 0.6 is 11.5 Å². The lowest BCUT2D eigenvalue weighted by molar-refractivity contribution is -0.137. The van der Waals surface area contributed by atoms with Gasteiger partial charge in [-0.05, 0) is 30.3 Å². The normalized spacial score (nSPS) is 11.9. The van der Waals surface area contributed by atoms with E-state index in [-0.39, 0.29) is 22.1 Å². The number of halogens is 5. The molecule has 0 unspecified atom stereocenters. The standard InChI is InChI=1S/C19H10F5N5O3S2/c20-12-8-17(34(30,31)29-18-25-9-27-33-18)13(21)7-16(12)32-15-4-3-10(19(22,23)24)6-11(15)14-2-1-5-26-28-14/h1-9H,(H,25,27,29). The number of hydrogen-bond acceptors (Lipinski definition) is 8. The second-order valence-corrected chi connectivity index (χ2v) is 8.92. The summed E-state index contributed by atoms with van der Waals surface area (Å²) in [6.07, 6.45) is -2.33. The fourth-order valence-corrected chi connectivity index (χ4v) is 4.48. The third-order valence-corrected chi connectivity index (χ3v) is 6.30. The van der Waals surface area contributed by atoms with Gasteiger partial charge in [-0.3, -0.25) is 4.72 Å². The van der Waals surface area contributed by atoms with E-state index in [0.717, 1.165) is 18.5 Å². The van der Waals surface area contributed by atoms with Crippen molar-refractivity contribution in [3.05, 3.63) is 72.2 Å². The van der Waals surface area contributed by atoms with E-state index in [1.807, 2.05) is 4.72 Å². The lowest BCUT2D eigenvalue weighted by Gasteiger charge is -2.15. The van der Waals surface area contributed by atoms with Crippen molar-refractivity contribution in [3.63, 3.8) is 0 Å². The molecule has 2 aromatic heterocycles. The summed E-state index contributed by atoms with van der Waals surface area (Å²) in [6.45, 7) is 0. The third-order valence-electron chi connectivity index (χ3n) is 4.23. The molecule has 0 fully saturated rings. The van der Waals surface area contributed by atoms with Gasteiger partial charge in [0, 0.05) is 35.4 Å². The Kier molecular flexibility index (Phi) is 6.14. The van der Waals surface area contributed by atoms with Crippen molar-refractivity contribution in [1.29, 1.82) is 0 Å². The fourth-order valence-electron chi connectivity index (χ4n) is 2.74. The largest absolute Gasteiger partial charge is 0.453 e. The van der Waals surface area contributed by atoms with Gasteiger partial charge in [-0.25, -0.2) is 22.2 Å². The maximum Gasteiger partial charge on any atom is 0.416 e. The summed E-state index contributed by atoms with van der Waals surface area (Å²) < 4.78 is 105. The Morgan fingerprint density at radius 3 is 2.44 bits per heavy atom. The van der Waals surface area contributed by atoms with E-state index in [1.165, 1.54) is 18.3 Å². The van der Waals surface area contributed by atoms with Crippen LogP contribution in [0.3, 0.4) is 0 Å². The molecule has 0 bridgehead atoms. The maximum atomic E-state index is 14.7. The Morgan fingerprint density at radius 1 is 1.00 bits per heavy atom. The number of benzene rings is 2. The van der Waals surface area contributed by atoms with E-state index in [0.29, 0.717) is 29.7 Å². The van der Waals surface area contributed by atoms with E-state index >= 15 is 0 Å². The van der Waals surface area contributed by atoms with Gasteiger partial charge < -0.3 is 4.74 Å². The highest BCUT2D eigenvalue weighted by Gasteiger charge is 2.32. The molecule has 2 heterocycles. The van der Waals surface area contributed by atoms with Crippen LogP contribution in [0, 0.1) is 11.6 Å². The summed E-state index contributed by atoms with van der Waals surface area (Å²) in [5.41, 5.74) is -1.25. The summed E-state index contributed by atoms with van der Waals surface area (Å²) in [5.74, 6) is -3.72. The van der Waals surface area contributed by atoms with Gasteiger partial charge in [-0.2, -0.15) is 27.7 Å². The molecule has 0 atom stereocenters. The number of ether oxygens (including phenoxy) is 1. The molecule has 0 aliphatic rings. The fraction of sp³-hybridized carbons (Fsp3) is 0.0526. The molecule has 4 aromatic rings. The topological polar surface area (TPSA) is 107 Å². The van der Waals surface area contributed by atoms with Crippen LogP contribution in [0.25, 0.3) is 11.3 Å². The zero-order chi connectivity index (χ0) is 24.5. The molecular formula is C19H10F5N5O3S2. The van der Waals surface area contributed by atoms with Crippen LogP contribution in [-0.2, 0) is 16.2 Å². The molecule has 2 aromatic carbocycles. The van der Waals surface area contributed by atoms with Gasteiger partial charge >= 0.3 is 6.18 Å². The van der Waals surface area contributed by atoms with Crippen LogP contribution in [0.2, 0.25) is 0 Å². The number of sulfonamides is 1. The first kappa shape index (κ1) is 23.4. The number of alkyl halides is 3. The number of hydrogen-bond donors (Lipinski definition) is 1. The minimum absolute atomic E-state index is 0.0232. The Hall–Kier alpha value is -3.72. The van der Waals surface area contributed by atoms with Crippen molar-refractivity contribution in [2.45, 2.75) is 11.1 Å². The van der Waals surface area contributed by atoms with Gasteiger partial charge in [0.1, 0.15) is 22.8 Å². The van der Waals surface area contributed by atoms with Crippen molar-refractivity contribution in [3.8, 4) is 22.8 Å². The average molecular weight is 515 g/mol. The molecule has 0 aliphatic heterocycles. The van der Waals surface area contributed by atoms with Crippen molar-refractivity contribution in [2.75, 3.05) is 4.72 Å². The lowest BCUT2D eigenvalue weighted by Crippen LogP contribution is -2.15. The van der Waals surface area contributed by atoms with Gasteiger partial charge in [-0.15, -0.1) is 0 Å². The second kappa shape index (κ2) is 8.90. The van der Waals surface area contributed by atoms with E-state index in [1.54, 1.807) is 0 Å². The summed E-state index contributed by atoms with van der Waals surface area (Å²) in [4.78, 5) is 2.57. The van der Waals surface area contributed by atoms with E-state index < -0.39 is 44.0 Å². The molecule has 4 rings (SSSR count). The number of aromatic nitrogens is 4. The van der Waals surface area contributed by atoms with Gasteiger partial charge in [0.25, 0.3) is 10.0 Å². The third kappa shape index (κ3) is 4.94. The smallest absolute Gasteiger partial charge is 0.416 e. The SMILES string of the molecule is O=S(=O)(Nc1ncns1)c1cc(F)c(Oc2ccc(C(F)(F)F)cc2-c2cccnn2)cc1F. The molecule has 8 nitrogen and oxygen atoms in total. The van der Waals surface area contributed by atoms with Crippen LogP contribution in [0.1, 0.15) is 5.56 Å². The highest BCUT2D eigenvalue weighted by Crippen LogP contribution is 2.39. The molecule has 176 valence electrons.